The molecule has 3 rings (SSSR count). The van der Waals surface area contributed by atoms with E-state index in [2.05, 4.69) is 10.3 Å². The lowest BCUT2D eigenvalue weighted by Crippen LogP contribution is -2.44. The van der Waals surface area contributed by atoms with Crippen molar-refractivity contribution in [3.05, 3.63) is 27.9 Å². The van der Waals surface area contributed by atoms with E-state index < -0.39 is 4.92 Å². The van der Waals surface area contributed by atoms with Crippen LogP contribution in [0.25, 0.3) is 0 Å². The molecule has 0 aliphatic carbocycles. The number of nitro groups is 1. The van der Waals surface area contributed by atoms with E-state index in [1.165, 1.54) is 12.3 Å². The van der Waals surface area contributed by atoms with Gasteiger partial charge in [-0.25, -0.2) is 4.98 Å². The number of hydrogen-bond donors (Lipinski definition) is 1. The average molecular weight is 287 g/mol. The van der Waals surface area contributed by atoms with Gasteiger partial charge in [-0.3, -0.25) is 10.1 Å². The number of anilines is 1. The molecule has 1 N–H and O–H groups in total. The van der Waals surface area contributed by atoms with Crippen LogP contribution in [0.3, 0.4) is 0 Å². The quantitative estimate of drug-likeness (QED) is 0.670. The minimum atomic E-state index is -0.444. The predicted molar refractivity (Wildman–Crippen MR) is 77.0 cm³/mol. The van der Waals surface area contributed by atoms with Gasteiger partial charge in [0.05, 0.1) is 10.5 Å². The number of pyridine rings is 1. The van der Waals surface area contributed by atoms with Gasteiger partial charge in [-0.2, -0.15) is 5.26 Å². The number of nitriles is 1. The van der Waals surface area contributed by atoms with Crippen LogP contribution in [0.15, 0.2) is 12.3 Å². The first-order valence-electron chi connectivity index (χ1n) is 7.25. The van der Waals surface area contributed by atoms with Gasteiger partial charge in [0.15, 0.2) is 0 Å². The Balaban J connectivity index is 1.95. The van der Waals surface area contributed by atoms with Crippen LogP contribution in [-0.4, -0.2) is 35.1 Å². The van der Waals surface area contributed by atoms with Crippen LogP contribution in [0, 0.1) is 21.4 Å². The number of aromatic nitrogens is 1. The largest absolute Gasteiger partial charge is 0.346 e. The second-order valence-electron chi connectivity index (χ2n) is 5.54. The van der Waals surface area contributed by atoms with Crippen molar-refractivity contribution in [3.8, 4) is 6.07 Å². The van der Waals surface area contributed by atoms with E-state index >= 15 is 0 Å². The summed E-state index contributed by atoms with van der Waals surface area (Å²) < 4.78 is 0. The zero-order valence-electron chi connectivity index (χ0n) is 11.7. The number of rotatable bonds is 3. The third-order valence-corrected chi connectivity index (χ3v) is 4.31. The van der Waals surface area contributed by atoms with Gasteiger partial charge in [0, 0.05) is 30.9 Å². The third-order valence-electron chi connectivity index (χ3n) is 4.31. The molecular weight excluding hydrogens is 270 g/mol. The van der Waals surface area contributed by atoms with E-state index in [0.29, 0.717) is 11.9 Å². The highest BCUT2D eigenvalue weighted by molar-refractivity contribution is 5.61. The maximum Gasteiger partial charge on any atom is 0.312 e. The van der Waals surface area contributed by atoms with Gasteiger partial charge in [0.1, 0.15) is 6.07 Å². The SMILES string of the molecule is N#Cc1cnc(N2CCCC2C2CCCN2)c([N+](=O)[O-])c1. The zero-order chi connectivity index (χ0) is 14.8. The molecule has 7 heteroatoms. The van der Waals surface area contributed by atoms with Crippen molar-refractivity contribution in [2.24, 2.45) is 0 Å². The van der Waals surface area contributed by atoms with E-state index in [9.17, 15) is 10.1 Å². The van der Waals surface area contributed by atoms with E-state index in [0.717, 1.165) is 38.8 Å². The molecule has 3 heterocycles. The molecule has 0 aromatic carbocycles. The normalized spacial score (nSPS) is 25.0. The van der Waals surface area contributed by atoms with Crippen LogP contribution in [0.1, 0.15) is 31.2 Å². The van der Waals surface area contributed by atoms with Crippen LogP contribution in [0.4, 0.5) is 11.5 Å². The number of nitrogens with zero attached hydrogens (tertiary/aromatic N) is 4. The summed E-state index contributed by atoms with van der Waals surface area (Å²) in [5.41, 5.74) is 0.152. The molecule has 110 valence electrons. The number of nitrogens with one attached hydrogen (secondary N) is 1. The highest BCUT2D eigenvalue weighted by Crippen LogP contribution is 2.34. The van der Waals surface area contributed by atoms with Crippen molar-refractivity contribution in [1.82, 2.24) is 10.3 Å². The molecule has 2 unspecified atom stereocenters. The topological polar surface area (TPSA) is 95.1 Å². The molecule has 2 aliphatic heterocycles. The van der Waals surface area contributed by atoms with E-state index in [-0.39, 0.29) is 17.3 Å². The Morgan fingerprint density at radius 2 is 2.33 bits per heavy atom. The minimum absolute atomic E-state index is 0.0704. The molecular formula is C14H17N5O2. The zero-order valence-corrected chi connectivity index (χ0v) is 11.7. The molecule has 0 radical (unpaired) electrons. The standard InChI is InChI=1S/C14H17N5O2/c15-8-10-7-13(19(20)21)14(17-9-10)18-6-2-4-12(18)11-3-1-5-16-11/h7,9,11-12,16H,1-6H2. The van der Waals surface area contributed by atoms with Crippen molar-refractivity contribution in [3.63, 3.8) is 0 Å². The van der Waals surface area contributed by atoms with Crippen LogP contribution >= 0.6 is 0 Å². The van der Waals surface area contributed by atoms with Crippen molar-refractivity contribution in [2.45, 2.75) is 37.8 Å². The summed E-state index contributed by atoms with van der Waals surface area (Å²) in [6.07, 6.45) is 5.71. The fraction of sp³-hybridized carbons (Fsp3) is 0.571. The molecule has 0 saturated carbocycles. The van der Waals surface area contributed by atoms with Crippen LogP contribution in [0.5, 0.6) is 0 Å². The molecule has 2 aliphatic rings. The lowest BCUT2D eigenvalue weighted by atomic mass is 10.0. The minimum Gasteiger partial charge on any atom is -0.346 e. The molecule has 1 aromatic rings. The Morgan fingerprint density at radius 1 is 1.48 bits per heavy atom. The van der Waals surface area contributed by atoms with Gasteiger partial charge in [0.2, 0.25) is 5.82 Å². The Hall–Kier alpha value is -2.20. The van der Waals surface area contributed by atoms with E-state index in [4.69, 9.17) is 5.26 Å². The lowest BCUT2D eigenvalue weighted by molar-refractivity contribution is -0.384. The van der Waals surface area contributed by atoms with Gasteiger partial charge < -0.3 is 10.2 Å². The van der Waals surface area contributed by atoms with Crippen LogP contribution in [-0.2, 0) is 0 Å². The molecule has 2 atom stereocenters. The Labute approximate surface area is 122 Å². The second kappa shape index (κ2) is 5.66. The summed E-state index contributed by atoms with van der Waals surface area (Å²) in [5, 5.41) is 23.7. The first kappa shape index (κ1) is 13.8. The smallest absolute Gasteiger partial charge is 0.312 e. The number of hydrogen-bond acceptors (Lipinski definition) is 6. The maximum absolute atomic E-state index is 11.3. The fourth-order valence-electron chi connectivity index (χ4n) is 3.38. The maximum atomic E-state index is 11.3. The first-order chi connectivity index (χ1) is 10.2. The molecule has 21 heavy (non-hydrogen) atoms. The van der Waals surface area contributed by atoms with Crippen LogP contribution in [0.2, 0.25) is 0 Å². The van der Waals surface area contributed by atoms with Gasteiger partial charge in [0.25, 0.3) is 0 Å². The summed E-state index contributed by atoms with van der Waals surface area (Å²) in [6, 6.07) is 3.86. The third kappa shape index (κ3) is 2.54. The van der Waals surface area contributed by atoms with Gasteiger partial charge in [-0.05, 0) is 32.2 Å². The molecule has 2 fully saturated rings. The highest BCUT2D eigenvalue weighted by Gasteiger charge is 2.36. The van der Waals surface area contributed by atoms with Crippen molar-refractivity contribution in [2.75, 3.05) is 18.0 Å². The van der Waals surface area contributed by atoms with Gasteiger partial charge >= 0.3 is 5.69 Å². The van der Waals surface area contributed by atoms with E-state index in [1.807, 2.05) is 11.0 Å². The van der Waals surface area contributed by atoms with E-state index in [1.54, 1.807) is 0 Å². The summed E-state index contributed by atoms with van der Waals surface area (Å²) in [4.78, 5) is 17.1. The summed E-state index contributed by atoms with van der Waals surface area (Å²) >= 11 is 0. The highest BCUT2D eigenvalue weighted by atomic mass is 16.6. The van der Waals surface area contributed by atoms with Crippen molar-refractivity contribution < 1.29 is 4.92 Å². The Morgan fingerprint density at radius 3 is 3.00 bits per heavy atom. The molecule has 7 nitrogen and oxygen atoms in total. The average Bonchev–Trinajstić information content (AvgIpc) is 3.17. The summed E-state index contributed by atoms with van der Waals surface area (Å²) in [6.45, 7) is 1.79. The first-order valence-corrected chi connectivity index (χ1v) is 7.25. The second-order valence-corrected chi connectivity index (χ2v) is 5.54. The fourth-order valence-corrected chi connectivity index (χ4v) is 3.38. The molecule has 0 amide bonds. The monoisotopic (exact) mass is 287 g/mol. The molecule has 0 spiro atoms. The predicted octanol–water partition coefficient (Wildman–Crippen LogP) is 1.58. The molecule has 0 bridgehead atoms. The lowest BCUT2D eigenvalue weighted by Gasteiger charge is -2.30. The van der Waals surface area contributed by atoms with Gasteiger partial charge in [-0.1, -0.05) is 0 Å². The van der Waals surface area contributed by atoms with Crippen LogP contribution < -0.4 is 10.2 Å². The Bertz CT molecular complexity index is 592. The Kier molecular flexibility index (Phi) is 3.71. The summed E-state index contributed by atoms with van der Waals surface area (Å²) in [5.74, 6) is 0.398. The summed E-state index contributed by atoms with van der Waals surface area (Å²) in [7, 11) is 0. The van der Waals surface area contributed by atoms with Crippen molar-refractivity contribution in [1.29, 1.82) is 5.26 Å². The van der Waals surface area contributed by atoms with Crippen molar-refractivity contribution >= 4 is 11.5 Å². The molecule has 1 aromatic heterocycles. The van der Waals surface area contributed by atoms with Gasteiger partial charge in [-0.15, -0.1) is 0 Å². The molecule has 2 saturated heterocycles.